The quantitative estimate of drug-likeness (QED) is 0.557. The van der Waals surface area contributed by atoms with E-state index in [1.54, 1.807) is 23.4 Å². The summed E-state index contributed by atoms with van der Waals surface area (Å²) in [7, 11) is 1.74. The number of aromatic nitrogens is 4. The van der Waals surface area contributed by atoms with Gasteiger partial charge in [-0.15, -0.1) is 11.8 Å². The molecule has 0 aliphatic carbocycles. The molecule has 10 heteroatoms. The number of aryl methyl sites for hydroxylation is 1. The monoisotopic (exact) mass is 422 g/mol. The molecule has 3 aromatic rings. The van der Waals surface area contributed by atoms with Gasteiger partial charge >= 0.3 is 6.18 Å². The molecule has 0 spiro atoms. The zero-order chi connectivity index (χ0) is 16.8. The van der Waals surface area contributed by atoms with Crippen LogP contribution in [0.3, 0.4) is 0 Å². The summed E-state index contributed by atoms with van der Waals surface area (Å²) in [5.74, 6) is 1.39. The first kappa shape index (κ1) is 16.7. The Morgan fingerprint density at radius 3 is 2.74 bits per heavy atom. The molecule has 0 unspecified atom stereocenters. The van der Waals surface area contributed by atoms with Gasteiger partial charge in [0.1, 0.15) is 11.4 Å². The maximum absolute atomic E-state index is 12.8. The number of hydrogen-bond acceptors (Lipinski definition) is 5. The minimum Gasteiger partial charge on any atom is -0.324 e. The predicted molar refractivity (Wildman–Crippen MR) is 88.7 cm³/mol. The lowest BCUT2D eigenvalue weighted by atomic mass is 10.3. The van der Waals surface area contributed by atoms with Crippen LogP contribution in [0.5, 0.6) is 0 Å². The van der Waals surface area contributed by atoms with Gasteiger partial charge in [-0.25, -0.2) is 15.0 Å². The summed E-state index contributed by atoms with van der Waals surface area (Å²) in [5.41, 5.74) is 0.504. The van der Waals surface area contributed by atoms with Crippen LogP contribution in [0, 0.1) is 0 Å². The molecule has 0 bridgehead atoms. The van der Waals surface area contributed by atoms with Crippen molar-refractivity contribution >= 4 is 50.1 Å². The second-order valence-corrected chi connectivity index (χ2v) is 8.39. The Morgan fingerprint density at radius 2 is 2.09 bits per heavy atom. The number of thioether (sulfide) groups is 1. The van der Waals surface area contributed by atoms with E-state index >= 15 is 0 Å². The Kier molecular flexibility index (Phi) is 4.41. The van der Waals surface area contributed by atoms with E-state index in [0.717, 1.165) is 16.0 Å². The predicted octanol–water partition coefficient (Wildman–Crippen LogP) is 4.99. The number of nitrogens with zero attached hydrogens (tertiary/aromatic N) is 4. The third-order valence-electron chi connectivity index (χ3n) is 3.11. The van der Waals surface area contributed by atoms with E-state index in [2.05, 4.69) is 30.9 Å². The molecule has 0 aromatic carbocycles. The van der Waals surface area contributed by atoms with E-state index in [9.17, 15) is 13.2 Å². The minimum absolute atomic E-state index is 0.251. The summed E-state index contributed by atoms with van der Waals surface area (Å²) in [6.07, 6.45) is -3.29. The molecule has 0 radical (unpaired) electrons. The molecule has 0 amide bonds. The number of rotatable bonds is 3. The first-order chi connectivity index (χ1) is 10.8. The van der Waals surface area contributed by atoms with E-state index in [1.165, 1.54) is 17.5 Å². The average molecular weight is 423 g/mol. The van der Waals surface area contributed by atoms with Gasteiger partial charge in [-0.1, -0.05) is 18.3 Å². The molecule has 0 atom stereocenters. The summed E-state index contributed by atoms with van der Waals surface area (Å²) < 4.78 is 41.8. The van der Waals surface area contributed by atoms with Crippen LogP contribution in [-0.2, 0) is 13.2 Å². The van der Waals surface area contributed by atoms with Gasteiger partial charge < -0.3 is 4.57 Å². The number of alkyl halides is 3. The van der Waals surface area contributed by atoms with Gasteiger partial charge in [0, 0.05) is 7.05 Å². The zero-order valence-corrected chi connectivity index (χ0v) is 15.2. The van der Waals surface area contributed by atoms with Crippen LogP contribution in [0.1, 0.15) is 12.6 Å². The van der Waals surface area contributed by atoms with Crippen LogP contribution in [0.2, 0.25) is 0 Å². The zero-order valence-electron chi connectivity index (χ0n) is 12.0. The van der Waals surface area contributed by atoms with Gasteiger partial charge in [-0.2, -0.15) is 13.2 Å². The Morgan fingerprint density at radius 1 is 1.35 bits per heavy atom. The Bertz CT molecular complexity index is 872. The van der Waals surface area contributed by atoms with E-state index in [0.29, 0.717) is 21.0 Å². The van der Waals surface area contributed by atoms with Crippen molar-refractivity contribution in [2.24, 2.45) is 7.05 Å². The second-order valence-electron chi connectivity index (χ2n) is 4.59. The summed E-state index contributed by atoms with van der Waals surface area (Å²) >= 11 is 6.45. The molecule has 23 heavy (non-hydrogen) atoms. The lowest BCUT2D eigenvalue weighted by Crippen LogP contribution is -2.07. The first-order valence-corrected chi connectivity index (χ1v) is 9.10. The number of pyridine rings is 1. The smallest absolute Gasteiger partial charge is 0.324 e. The molecule has 0 fully saturated rings. The maximum atomic E-state index is 12.8. The van der Waals surface area contributed by atoms with E-state index < -0.39 is 11.9 Å². The molecule has 4 nitrogen and oxygen atoms in total. The van der Waals surface area contributed by atoms with Gasteiger partial charge in [0.15, 0.2) is 9.74 Å². The van der Waals surface area contributed by atoms with Crippen molar-refractivity contribution in [2.75, 3.05) is 5.75 Å². The molecule has 122 valence electrons. The summed E-state index contributed by atoms with van der Waals surface area (Å²) in [6, 6.07) is 0.965. The number of hydrogen-bond donors (Lipinski definition) is 0. The van der Waals surface area contributed by atoms with Gasteiger partial charge in [-0.3, -0.25) is 0 Å². The Labute approximate surface area is 146 Å². The average Bonchev–Trinajstić information content (AvgIpc) is 2.99. The fraction of sp³-hybridized carbons (Fsp3) is 0.308. The fourth-order valence-electron chi connectivity index (χ4n) is 2.11. The van der Waals surface area contributed by atoms with Crippen molar-refractivity contribution < 1.29 is 13.2 Å². The standard InChI is InChI=1S/C13H10BrF3N4S2/c1-3-22-11-9(20-12(14)23-11)10-19-6-4-8(13(15,16)17)18-5-7(6)21(10)2/h4-5H,3H2,1-2H3. The Balaban J connectivity index is 2.17. The van der Waals surface area contributed by atoms with Crippen LogP contribution in [-0.4, -0.2) is 25.3 Å². The lowest BCUT2D eigenvalue weighted by molar-refractivity contribution is -0.141. The molecular weight excluding hydrogens is 413 g/mol. The van der Waals surface area contributed by atoms with Crippen LogP contribution < -0.4 is 0 Å². The Hall–Kier alpha value is -1.13. The van der Waals surface area contributed by atoms with Crippen molar-refractivity contribution in [1.29, 1.82) is 0 Å². The second kappa shape index (κ2) is 6.06. The molecule has 3 aromatic heterocycles. The minimum atomic E-state index is -4.49. The highest BCUT2D eigenvalue weighted by Crippen LogP contribution is 2.39. The highest BCUT2D eigenvalue weighted by atomic mass is 79.9. The topological polar surface area (TPSA) is 43.6 Å². The van der Waals surface area contributed by atoms with E-state index in [4.69, 9.17) is 0 Å². The van der Waals surface area contributed by atoms with Crippen molar-refractivity contribution in [3.8, 4) is 11.5 Å². The molecule has 3 rings (SSSR count). The highest BCUT2D eigenvalue weighted by Gasteiger charge is 2.33. The van der Waals surface area contributed by atoms with Gasteiger partial charge in [0.2, 0.25) is 0 Å². The SMILES string of the molecule is CCSc1sc(Br)nc1-c1nc2cc(C(F)(F)F)ncc2n1C. The van der Waals surface area contributed by atoms with E-state index in [-0.39, 0.29) is 5.52 Å². The molecule has 0 saturated carbocycles. The van der Waals surface area contributed by atoms with Crippen molar-refractivity contribution in [3.05, 3.63) is 21.9 Å². The van der Waals surface area contributed by atoms with Gasteiger partial charge in [0.25, 0.3) is 0 Å². The van der Waals surface area contributed by atoms with Crippen molar-refractivity contribution in [1.82, 2.24) is 19.5 Å². The molecule has 0 saturated heterocycles. The van der Waals surface area contributed by atoms with Crippen LogP contribution >= 0.6 is 39.0 Å². The number of halogens is 4. The highest BCUT2D eigenvalue weighted by molar-refractivity contribution is 9.11. The summed E-state index contributed by atoms with van der Waals surface area (Å²) in [6.45, 7) is 2.02. The maximum Gasteiger partial charge on any atom is 0.433 e. The number of imidazole rings is 1. The van der Waals surface area contributed by atoms with Crippen molar-refractivity contribution in [3.63, 3.8) is 0 Å². The normalized spacial score (nSPS) is 12.3. The number of thiazole rings is 1. The third-order valence-corrected chi connectivity index (χ3v) is 5.76. The summed E-state index contributed by atoms with van der Waals surface area (Å²) in [4.78, 5) is 12.3. The van der Waals surface area contributed by atoms with Crippen LogP contribution in [0.15, 0.2) is 20.4 Å². The van der Waals surface area contributed by atoms with Gasteiger partial charge in [0.05, 0.1) is 21.4 Å². The molecule has 3 heterocycles. The molecule has 0 aliphatic heterocycles. The fourth-order valence-corrected chi connectivity index (χ4v) is 4.98. The molecule has 0 N–H and O–H groups in total. The molecule has 0 aliphatic rings. The summed E-state index contributed by atoms with van der Waals surface area (Å²) in [5, 5.41) is 0. The molecular formula is C13H10BrF3N4S2. The van der Waals surface area contributed by atoms with E-state index in [1.807, 2.05) is 6.92 Å². The lowest BCUT2D eigenvalue weighted by Gasteiger charge is -2.04. The number of fused-ring (bicyclic) bond motifs is 1. The largest absolute Gasteiger partial charge is 0.433 e. The van der Waals surface area contributed by atoms with Crippen LogP contribution in [0.25, 0.3) is 22.6 Å². The van der Waals surface area contributed by atoms with Crippen LogP contribution in [0.4, 0.5) is 13.2 Å². The first-order valence-electron chi connectivity index (χ1n) is 6.50. The van der Waals surface area contributed by atoms with Gasteiger partial charge in [-0.05, 0) is 27.7 Å². The third kappa shape index (κ3) is 3.11. The van der Waals surface area contributed by atoms with Crippen molar-refractivity contribution in [2.45, 2.75) is 17.3 Å².